The van der Waals surface area contributed by atoms with E-state index >= 15 is 0 Å². The summed E-state index contributed by atoms with van der Waals surface area (Å²) in [4.78, 5) is 37.8. The molecule has 3 aromatic rings. The first-order chi connectivity index (χ1) is 15.5. The minimum absolute atomic E-state index is 0.129. The van der Waals surface area contributed by atoms with Crippen LogP contribution in [0.1, 0.15) is 15.9 Å². The molecule has 1 aliphatic heterocycles. The first-order valence-electron chi connectivity index (χ1n) is 10.5. The summed E-state index contributed by atoms with van der Waals surface area (Å²) in [7, 11) is 3.42. The Morgan fingerprint density at radius 1 is 1.03 bits per heavy atom. The number of nitrogens with zero attached hydrogens (tertiary/aromatic N) is 4. The molecule has 1 saturated heterocycles. The van der Waals surface area contributed by atoms with E-state index in [1.165, 1.54) is 4.90 Å². The molecule has 1 fully saturated rings. The van der Waals surface area contributed by atoms with Crippen LogP contribution in [-0.4, -0.2) is 71.0 Å². The van der Waals surface area contributed by atoms with Crippen LogP contribution in [0.5, 0.6) is 0 Å². The van der Waals surface area contributed by atoms with Gasteiger partial charge in [-0.3, -0.25) is 19.6 Å². The summed E-state index contributed by atoms with van der Waals surface area (Å²) in [6, 6.07) is 15.3. The molecule has 164 valence electrons. The van der Waals surface area contributed by atoms with E-state index in [0.717, 1.165) is 16.7 Å². The predicted molar refractivity (Wildman–Crippen MR) is 121 cm³/mol. The van der Waals surface area contributed by atoms with Gasteiger partial charge in [0.05, 0.1) is 13.2 Å². The molecule has 0 unspecified atom stereocenters. The van der Waals surface area contributed by atoms with E-state index in [1.54, 1.807) is 49.7 Å². The molecule has 1 aromatic carbocycles. The Balaban J connectivity index is 1.64. The number of ether oxygens (including phenoxy) is 1. The molecular formula is C25H26N4O3. The maximum atomic E-state index is 13.3. The standard InChI is InChI=1S/C25H26N4O3/c1-28(2)24(31)25(16-19-5-3-6-21(15-19)22-7-4-10-27-17-22)18-29(13-14-32-25)23(30)20-8-11-26-12-9-20/h3-12,15,17H,13-14,16,18H2,1-2H3/t25-/m1/s1. The van der Waals surface area contributed by atoms with Crippen LogP contribution in [0.3, 0.4) is 0 Å². The lowest BCUT2D eigenvalue weighted by molar-refractivity contribution is -0.165. The molecule has 0 saturated carbocycles. The fraction of sp³-hybridized carbons (Fsp3) is 0.280. The number of carbonyl (C=O) groups is 2. The van der Waals surface area contributed by atoms with Gasteiger partial charge < -0.3 is 14.5 Å². The summed E-state index contributed by atoms with van der Waals surface area (Å²) in [6.45, 7) is 0.903. The highest BCUT2D eigenvalue weighted by molar-refractivity contribution is 5.95. The molecule has 32 heavy (non-hydrogen) atoms. The molecule has 0 N–H and O–H groups in total. The van der Waals surface area contributed by atoms with Crippen molar-refractivity contribution in [3.63, 3.8) is 0 Å². The monoisotopic (exact) mass is 430 g/mol. The van der Waals surface area contributed by atoms with Crippen molar-refractivity contribution in [1.82, 2.24) is 19.8 Å². The SMILES string of the molecule is CN(C)C(=O)[C@@]1(Cc2cccc(-c3cccnc3)c2)CN(C(=O)c2ccncc2)CCO1. The van der Waals surface area contributed by atoms with Crippen molar-refractivity contribution in [3.05, 3.63) is 84.4 Å². The number of rotatable bonds is 5. The van der Waals surface area contributed by atoms with Crippen LogP contribution in [0, 0.1) is 0 Å². The van der Waals surface area contributed by atoms with E-state index in [2.05, 4.69) is 16.0 Å². The number of likely N-dealkylation sites (N-methyl/N-ethyl adjacent to an activating group) is 1. The first-order valence-corrected chi connectivity index (χ1v) is 10.5. The molecule has 7 nitrogen and oxygen atoms in total. The summed E-state index contributed by atoms with van der Waals surface area (Å²) in [5.41, 5.74) is 2.37. The fourth-order valence-corrected chi connectivity index (χ4v) is 4.08. The minimum atomic E-state index is -1.15. The molecule has 1 atom stereocenters. The number of benzene rings is 1. The average molecular weight is 431 g/mol. The van der Waals surface area contributed by atoms with Gasteiger partial charge in [-0.15, -0.1) is 0 Å². The molecule has 4 rings (SSSR count). The smallest absolute Gasteiger partial charge is 0.256 e. The van der Waals surface area contributed by atoms with Crippen LogP contribution in [0.15, 0.2) is 73.3 Å². The Labute approximate surface area is 187 Å². The number of hydrogen-bond donors (Lipinski definition) is 0. The highest BCUT2D eigenvalue weighted by Gasteiger charge is 2.46. The fourth-order valence-electron chi connectivity index (χ4n) is 4.08. The van der Waals surface area contributed by atoms with Gasteiger partial charge in [0.25, 0.3) is 11.8 Å². The van der Waals surface area contributed by atoms with Crippen molar-refractivity contribution < 1.29 is 14.3 Å². The van der Waals surface area contributed by atoms with E-state index in [0.29, 0.717) is 25.1 Å². The van der Waals surface area contributed by atoms with Gasteiger partial charge in [0.1, 0.15) is 0 Å². The van der Waals surface area contributed by atoms with E-state index < -0.39 is 5.60 Å². The third-order valence-corrected chi connectivity index (χ3v) is 5.61. The Morgan fingerprint density at radius 3 is 2.53 bits per heavy atom. The van der Waals surface area contributed by atoms with Crippen LogP contribution in [0.25, 0.3) is 11.1 Å². The summed E-state index contributed by atoms with van der Waals surface area (Å²) < 4.78 is 6.14. The van der Waals surface area contributed by atoms with Crippen molar-refractivity contribution in [3.8, 4) is 11.1 Å². The normalized spacial score (nSPS) is 18.2. The number of hydrogen-bond acceptors (Lipinski definition) is 5. The number of pyridine rings is 2. The third kappa shape index (κ3) is 4.53. The minimum Gasteiger partial charge on any atom is -0.361 e. The van der Waals surface area contributed by atoms with Crippen LogP contribution in [0.4, 0.5) is 0 Å². The van der Waals surface area contributed by atoms with Crippen LogP contribution in [0.2, 0.25) is 0 Å². The maximum absolute atomic E-state index is 13.3. The van der Waals surface area contributed by atoms with E-state index in [-0.39, 0.29) is 18.4 Å². The molecular weight excluding hydrogens is 404 g/mol. The molecule has 1 aliphatic rings. The Hall–Kier alpha value is -3.58. The Bertz CT molecular complexity index is 1090. The molecule has 3 heterocycles. The highest BCUT2D eigenvalue weighted by Crippen LogP contribution is 2.28. The summed E-state index contributed by atoms with van der Waals surface area (Å²) in [6.07, 6.45) is 7.10. The molecule has 0 bridgehead atoms. The number of aromatic nitrogens is 2. The van der Waals surface area contributed by atoms with Crippen molar-refractivity contribution in [1.29, 1.82) is 0 Å². The Morgan fingerprint density at radius 2 is 1.81 bits per heavy atom. The van der Waals surface area contributed by atoms with E-state index in [4.69, 9.17) is 4.74 Å². The van der Waals surface area contributed by atoms with Crippen LogP contribution in [-0.2, 0) is 16.0 Å². The zero-order chi connectivity index (χ0) is 22.6. The van der Waals surface area contributed by atoms with Crippen molar-refractivity contribution in [2.45, 2.75) is 12.0 Å². The zero-order valence-corrected chi connectivity index (χ0v) is 18.3. The van der Waals surface area contributed by atoms with Gasteiger partial charge in [-0.05, 0) is 34.9 Å². The topological polar surface area (TPSA) is 75.6 Å². The van der Waals surface area contributed by atoms with Gasteiger partial charge >= 0.3 is 0 Å². The van der Waals surface area contributed by atoms with Crippen molar-refractivity contribution >= 4 is 11.8 Å². The first kappa shape index (κ1) is 21.6. The average Bonchev–Trinajstić information content (AvgIpc) is 2.84. The Kier molecular flexibility index (Phi) is 6.28. The van der Waals surface area contributed by atoms with E-state index in [1.807, 2.05) is 36.5 Å². The number of carbonyl (C=O) groups excluding carboxylic acids is 2. The second kappa shape index (κ2) is 9.28. The van der Waals surface area contributed by atoms with Gasteiger partial charge in [-0.2, -0.15) is 0 Å². The second-order valence-corrected chi connectivity index (χ2v) is 8.12. The highest BCUT2D eigenvalue weighted by atomic mass is 16.5. The predicted octanol–water partition coefficient (Wildman–Crippen LogP) is 2.69. The third-order valence-electron chi connectivity index (χ3n) is 5.61. The number of morpholine rings is 1. The summed E-state index contributed by atoms with van der Waals surface area (Å²) in [5.74, 6) is -0.285. The lowest BCUT2D eigenvalue weighted by Gasteiger charge is -2.43. The molecule has 0 radical (unpaired) electrons. The quantitative estimate of drug-likeness (QED) is 0.622. The lowest BCUT2D eigenvalue weighted by atomic mass is 9.89. The lowest BCUT2D eigenvalue weighted by Crippen LogP contribution is -2.61. The largest absolute Gasteiger partial charge is 0.361 e. The van der Waals surface area contributed by atoms with Gasteiger partial charge in [0, 0.05) is 57.4 Å². The van der Waals surface area contributed by atoms with Crippen molar-refractivity contribution in [2.24, 2.45) is 0 Å². The molecule has 7 heteroatoms. The summed E-state index contributed by atoms with van der Waals surface area (Å²) >= 11 is 0. The molecule has 0 spiro atoms. The van der Waals surface area contributed by atoms with Gasteiger partial charge in [0.2, 0.25) is 0 Å². The van der Waals surface area contributed by atoms with Crippen LogP contribution < -0.4 is 0 Å². The zero-order valence-electron chi connectivity index (χ0n) is 18.3. The molecule has 2 amide bonds. The molecule has 2 aromatic heterocycles. The van der Waals surface area contributed by atoms with E-state index in [9.17, 15) is 9.59 Å². The summed E-state index contributed by atoms with van der Waals surface area (Å²) in [5, 5.41) is 0. The van der Waals surface area contributed by atoms with Gasteiger partial charge in [-0.25, -0.2) is 0 Å². The number of amides is 2. The van der Waals surface area contributed by atoms with Crippen molar-refractivity contribution in [2.75, 3.05) is 33.8 Å². The maximum Gasteiger partial charge on any atom is 0.256 e. The van der Waals surface area contributed by atoms with Gasteiger partial charge in [0.15, 0.2) is 5.60 Å². The second-order valence-electron chi connectivity index (χ2n) is 8.12. The molecule has 0 aliphatic carbocycles. The van der Waals surface area contributed by atoms with Gasteiger partial charge in [-0.1, -0.05) is 30.3 Å². The van der Waals surface area contributed by atoms with Crippen LogP contribution >= 0.6 is 0 Å².